The summed E-state index contributed by atoms with van der Waals surface area (Å²) < 4.78 is 28.5. The molecular formula is C25H32N6O3S. The largest absolute Gasteiger partial charge is 0.371 e. The van der Waals surface area contributed by atoms with E-state index in [1.807, 2.05) is 31.2 Å². The first-order valence-electron chi connectivity index (χ1n) is 11.7. The summed E-state index contributed by atoms with van der Waals surface area (Å²) >= 11 is 0. The van der Waals surface area contributed by atoms with Crippen LogP contribution in [0.1, 0.15) is 48.1 Å². The van der Waals surface area contributed by atoms with Crippen molar-refractivity contribution >= 4 is 21.6 Å². The maximum Gasteiger partial charge on any atom is 0.256 e. The van der Waals surface area contributed by atoms with E-state index in [4.69, 9.17) is 0 Å². The topological polar surface area (TPSA) is 91.6 Å². The van der Waals surface area contributed by atoms with Crippen LogP contribution in [0, 0.1) is 0 Å². The van der Waals surface area contributed by atoms with Gasteiger partial charge in [0.25, 0.3) is 5.91 Å². The number of piperidine rings is 1. The summed E-state index contributed by atoms with van der Waals surface area (Å²) in [5.41, 5.74) is 3.03. The molecule has 10 heteroatoms. The molecule has 1 fully saturated rings. The molecule has 186 valence electrons. The van der Waals surface area contributed by atoms with Crippen molar-refractivity contribution in [1.29, 1.82) is 0 Å². The van der Waals surface area contributed by atoms with Crippen molar-refractivity contribution in [3.8, 4) is 5.69 Å². The highest BCUT2D eigenvalue weighted by Crippen LogP contribution is 2.31. The van der Waals surface area contributed by atoms with Crippen LogP contribution in [0.3, 0.4) is 0 Å². The summed E-state index contributed by atoms with van der Waals surface area (Å²) in [7, 11) is 1.07. The fourth-order valence-electron chi connectivity index (χ4n) is 4.30. The molecule has 0 radical (unpaired) electrons. The molecule has 0 bridgehead atoms. The molecule has 0 N–H and O–H groups in total. The first kappa shape index (κ1) is 24.9. The van der Waals surface area contributed by atoms with Crippen molar-refractivity contribution in [1.82, 2.24) is 24.0 Å². The van der Waals surface area contributed by atoms with Gasteiger partial charge in [-0.25, -0.2) is 22.4 Å². The smallest absolute Gasteiger partial charge is 0.256 e. The number of sulfonamides is 1. The maximum absolute atomic E-state index is 13.8. The maximum atomic E-state index is 13.8. The van der Waals surface area contributed by atoms with Crippen molar-refractivity contribution in [3.63, 3.8) is 0 Å². The molecule has 1 unspecified atom stereocenters. The van der Waals surface area contributed by atoms with Crippen LogP contribution in [0.2, 0.25) is 0 Å². The first-order chi connectivity index (χ1) is 16.7. The second-order valence-corrected chi connectivity index (χ2v) is 11.2. The van der Waals surface area contributed by atoms with E-state index in [9.17, 15) is 13.2 Å². The Morgan fingerprint density at radius 3 is 2.29 bits per heavy atom. The van der Waals surface area contributed by atoms with Crippen molar-refractivity contribution < 1.29 is 13.2 Å². The van der Waals surface area contributed by atoms with Crippen LogP contribution in [0.15, 0.2) is 60.0 Å². The lowest BCUT2D eigenvalue weighted by atomic mass is 10.0. The van der Waals surface area contributed by atoms with Crippen LogP contribution in [0.4, 0.5) is 5.69 Å². The standard InChI is InChI=1S/C25H32N6O3S/c1-19(20-8-10-21(11-9-20)31-18-26-17-27-31)29(4)25(32)23-16-22(35(33,34)28(2)3)12-13-24(23)30-14-6-5-7-15-30/h8-13,16-19H,5-7,14-15H2,1-4H3. The van der Waals surface area contributed by atoms with Crippen LogP contribution in [0.5, 0.6) is 0 Å². The van der Waals surface area contributed by atoms with Gasteiger partial charge in [-0.1, -0.05) is 12.1 Å². The molecular weight excluding hydrogens is 464 g/mol. The molecule has 9 nitrogen and oxygen atoms in total. The number of carbonyl (C=O) groups excluding carboxylic acids is 1. The van der Waals surface area contributed by atoms with Gasteiger partial charge in [0.05, 0.1) is 22.2 Å². The Bertz CT molecular complexity index is 1270. The van der Waals surface area contributed by atoms with E-state index in [0.29, 0.717) is 5.56 Å². The quantitative estimate of drug-likeness (QED) is 0.498. The fourth-order valence-corrected chi connectivity index (χ4v) is 5.23. The van der Waals surface area contributed by atoms with Crippen LogP contribution in [0.25, 0.3) is 5.69 Å². The Morgan fingerprint density at radius 2 is 1.69 bits per heavy atom. The highest BCUT2D eigenvalue weighted by molar-refractivity contribution is 7.89. The first-order valence-corrected chi connectivity index (χ1v) is 13.2. The molecule has 1 aromatic heterocycles. The summed E-state index contributed by atoms with van der Waals surface area (Å²) in [6.07, 6.45) is 6.37. The second kappa shape index (κ2) is 10.2. The molecule has 1 saturated heterocycles. The molecule has 3 aromatic rings. The van der Waals surface area contributed by atoms with E-state index in [1.165, 1.54) is 30.8 Å². The van der Waals surface area contributed by atoms with Crippen LogP contribution in [-0.2, 0) is 10.0 Å². The minimum Gasteiger partial charge on any atom is -0.371 e. The van der Waals surface area contributed by atoms with Gasteiger partial charge < -0.3 is 9.80 Å². The number of rotatable bonds is 7. The second-order valence-electron chi connectivity index (χ2n) is 9.04. The Labute approximate surface area is 207 Å². The lowest BCUT2D eigenvalue weighted by molar-refractivity contribution is 0.0743. The molecule has 0 aliphatic carbocycles. The van der Waals surface area contributed by atoms with E-state index in [1.54, 1.807) is 35.1 Å². The molecule has 35 heavy (non-hydrogen) atoms. The molecule has 4 rings (SSSR count). The SMILES string of the molecule is CC(c1ccc(-n2cncn2)cc1)N(C)C(=O)c1cc(S(=O)(=O)N(C)C)ccc1N1CCCCC1. The lowest BCUT2D eigenvalue weighted by Gasteiger charge is -2.32. The zero-order valence-electron chi connectivity index (χ0n) is 20.6. The van der Waals surface area contributed by atoms with Gasteiger partial charge in [-0.3, -0.25) is 4.79 Å². The van der Waals surface area contributed by atoms with E-state index < -0.39 is 10.0 Å². The van der Waals surface area contributed by atoms with Crippen LogP contribution < -0.4 is 4.90 Å². The van der Waals surface area contributed by atoms with Crippen molar-refractivity contribution in [2.24, 2.45) is 0 Å². The van der Waals surface area contributed by atoms with Gasteiger partial charge in [-0.15, -0.1) is 0 Å². The average Bonchev–Trinajstić information content (AvgIpc) is 3.42. The Hall–Kier alpha value is -3.24. The minimum absolute atomic E-state index is 0.116. The number of hydrogen-bond acceptors (Lipinski definition) is 6. The van der Waals surface area contributed by atoms with Crippen molar-refractivity contribution in [2.75, 3.05) is 39.1 Å². The zero-order chi connectivity index (χ0) is 25.2. The fraction of sp³-hybridized carbons (Fsp3) is 0.400. The third kappa shape index (κ3) is 5.08. The highest BCUT2D eigenvalue weighted by atomic mass is 32.2. The summed E-state index contributed by atoms with van der Waals surface area (Å²) in [6, 6.07) is 12.5. The molecule has 2 aromatic carbocycles. The van der Waals surface area contributed by atoms with E-state index in [2.05, 4.69) is 15.0 Å². The normalized spacial score (nSPS) is 15.3. The van der Waals surface area contributed by atoms with Crippen LogP contribution in [-0.4, -0.2) is 72.5 Å². The molecule has 1 atom stereocenters. The summed E-state index contributed by atoms with van der Waals surface area (Å²) in [4.78, 5) is 21.7. The molecule has 2 heterocycles. The van der Waals surface area contributed by atoms with Gasteiger partial charge in [-0.2, -0.15) is 5.10 Å². The predicted molar refractivity (Wildman–Crippen MR) is 135 cm³/mol. The van der Waals surface area contributed by atoms with Crippen LogP contribution >= 0.6 is 0 Å². The predicted octanol–water partition coefficient (Wildman–Crippen LogP) is 3.34. The number of aromatic nitrogens is 3. The monoisotopic (exact) mass is 496 g/mol. The number of anilines is 1. The molecule has 0 saturated carbocycles. The van der Waals surface area contributed by atoms with Gasteiger partial charge in [0.2, 0.25) is 10.0 Å². The van der Waals surface area contributed by atoms with E-state index >= 15 is 0 Å². The molecule has 1 aliphatic rings. The van der Waals surface area contributed by atoms with Gasteiger partial charge in [-0.05, 0) is 62.1 Å². The highest BCUT2D eigenvalue weighted by Gasteiger charge is 2.27. The Kier molecular flexibility index (Phi) is 7.23. The third-order valence-electron chi connectivity index (χ3n) is 6.63. The number of carbonyl (C=O) groups is 1. The van der Waals surface area contributed by atoms with Gasteiger partial charge >= 0.3 is 0 Å². The summed E-state index contributed by atoms with van der Waals surface area (Å²) in [6.45, 7) is 3.66. The zero-order valence-corrected chi connectivity index (χ0v) is 21.4. The van der Waals surface area contributed by atoms with Gasteiger partial charge in [0.15, 0.2) is 0 Å². The van der Waals surface area contributed by atoms with Gasteiger partial charge in [0, 0.05) is 39.9 Å². The Balaban J connectivity index is 1.66. The lowest BCUT2D eigenvalue weighted by Crippen LogP contribution is -2.35. The Morgan fingerprint density at radius 1 is 1.00 bits per heavy atom. The van der Waals surface area contributed by atoms with Crippen molar-refractivity contribution in [3.05, 3.63) is 66.2 Å². The molecule has 0 spiro atoms. The van der Waals surface area contributed by atoms with Crippen molar-refractivity contribution in [2.45, 2.75) is 37.1 Å². The number of hydrogen-bond donors (Lipinski definition) is 0. The molecule has 1 aliphatic heterocycles. The third-order valence-corrected chi connectivity index (χ3v) is 8.44. The summed E-state index contributed by atoms with van der Waals surface area (Å²) in [5, 5.41) is 4.14. The minimum atomic E-state index is -3.67. The van der Waals surface area contributed by atoms with E-state index in [-0.39, 0.29) is 16.8 Å². The van der Waals surface area contributed by atoms with E-state index in [0.717, 1.165) is 49.3 Å². The average molecular weight is 497 g/mol. The summed E-state index contributed by atoms with van der Waals surface area (Å²) in [5.74, 6) is -0.214. The number of benzene rings is 2. The van der Waals surface area contributed by atoms with Gasteiger partial charge in [0.1, 0.15) is 12.7 Å². The number of amides is 1. The number of nitrogens with zero attached hydrogens (tertiary/aromatic N) is 6. The molecule has 1 amide bonds.